The Bertz CT molecular complexity index is 1220. The quantitative estimate of drug-likeness (QED) is 0.0259. The normalized spacial score (nSPS) is 25.5. The highest BCUT2D eigenvalue weighted by Gasteiger charge is 2.51. The van der Waals surface area contributed by atoms with E-state index in [-0.39, 0.29) is 12.5 Å². The fraction of sp³-hybridized carbons (Fsp3) is 0.983. The Hall–Kier alpha value is -1.01. The molecule has 2 rings (SSSR count). The van der Waals surface area contributed by atoms with E-state index in [2.05, 4.69) is 19.2 Å². The van der Waals surface area contributed by atoms with E-state index >= 15 is 0 Å². The Labute approximate surface area is 438 Å². The summed E-state index contributed by atoms with van der Waals surface area (Å²) in [5, 5.41) is 87.0. The van der Waals surface area contributed by atoms with Gasteiger partial charge in [-0.1, -0.05) is 251 Å². The first kappa shape index (κ1) is 67.1. The van der Waals surface area contributed by atoms with E-state index in [9.17, 15) is 45.6 Å². The van der Waals surface area contributed by atoms with Crippen LogP contribution in [-0.4, -0.2) is 140 Å². The molecule has 2 fully saturated rings. The number of hydrogen-bond donors (Lipinski definition) is 9. The molecule has 2 heterocycles. The second-order valence-electron chi connectivity index (χ2n) is 21.8. The van der Waals surface area contributed by atoms with Crippen LogP contribution in [0.2, 0.25) is 0 Å². The van der Waals surface area contributed by atoms with Gasteiger partial charge >= 0.3 is 0 Å². The molecule has 0 aromatic carbocycles. The number of hydrogen-bond acceptors (Lipinski definition) is 13. The zero-order valence-electron chi connectivity index (χ0n) is 46.0. The number of ether oxygens (including phenoxy) is 4. The van der Waals surface area contributed by atoms with Gasteiger partial charge in [0.2, 0.25) is 5.91 Å². The third-order valence-electron chi connectivity index (χ3n) is 15.3. The van der Waals surface area contributed by atoms with Gasteiger partial charge in [-0.05, 0) is 12.8 Å². The van der Waals surface area contributed by atoms with E-state index in [0.717, 1.165) is 51.4 Å². The summed E-state index contributed by atoms with van der Waals surface area (Å²) < 4.78 is 22.8. The summed E-state index contributed by atoms with van der Waals surface area (Å²) in [6, 6.07) is -0.821. The largest absolute Gasteiger partial charge is 0.394 e. The number of unbranched alkanes of at least 4 members (excludes halogenated alkanes) is 36. The summed E-state index contributed by atoms with van der Waals surface area (Å²) in [4.78, 5) is 13.2. The van der Waals surface area contributed by atoms with Crippen molar-refractivity contribution in [3.63, 3.8) is 0 Å². The Balaban J connectivity index is 1.63. The number of rotatable bonds is 49. The van der Waals surface area contributed by atoms with Gasteiger partial charge in [-0.2, -0.15) is 0 Å². The smallest absolute Gasteiger partial charge is 0.220 e. The maximum absolute atomic E-state index is 13.2. The molecule has 2 aliphatic heterocycles. The van der Waals surface area contributed by atoms with Crippen molar-refractivity contribution < 1.29 is 64.6 Å². The van der Waals surface area contributed by atoms with Crippen LogP contribution in [0.3, 0.4) is 0 Å². The van der Waals surface area contributed by atoms with Crippen molar-refractivity contribution in [2.24, 2.45) is 0 Å². The predicted octanol–water partition coefficient (Wildman–Crippen LogP) is 10.1. The van der Waals surface area contributed by atoms with Gasteiger partial charge in [-0.3, -0.25) is 4.79 Å². The summed E-state index contributed by atoms with van der Waals surface area (Å²) in [5.74, 6) is -0.202. The Morgan fingerprint density at radius 2 is 0.792 bits per heavy atom. The topological polar surface area (TPSA) is 228 Å². The molecule has 0 bridgehead atoms. The van der Waals surface area contributed by atoms with E-state index in [1.165, 1.54) is 193 Å². The average Bonchev–Trinajstić information content (AvgIpc) is 3.38. The number of nitrogens with one attached hydrogen (secondary N) is 1. The van der Waals surface area contributed by atoms with Gasteiger partial charge in [0.05, 0.1) is 32.0 Å². The standard InChI is InChI=1S/C58H113NO13/c1-3-5-7-9-11-13-15-16-17-18-19-20-21-22-23-24-25-26-27-28-29-30-31-32-34-36-38-40-42-50(63)59-46(47(62)41-39-37-35-33-14-12-10-8-6-4-2)45-69-57-55(68)53(66)56(49(44-61)71-57)72-58-54(67)52(65)51(64)48(43-60)70-58/h46-49,51-58,60-62,64-68H,3-45H2,1-2H3,(H,59,63). The fourth-order valence-corrected chi connectivity index (χ4v) is 10.4. The zero-order chi connectivity index (χ0) is 52.4. The van der Waals surface area contributed by atoms with Gasteiger partial charge in [0, 0.05) is 6.42 Å². The molecule has 0 aliphatic carbocycles. The van der Waals surface area contributed by atoms with Crippen molar-refractivity contribution >= 4 is 5.91 Å². The van der Waals surface area contributed by atoms with Crippen LogP contribution in [0, 0.1) is 0 Å². The Morgan fingerprint density at radius 1 is 0.444 bits per heavy atom. The summed E-state index contributed by atoms with van der Waals surface area (Å²) >= 11 is 0. The molecule has 14 heteroatoms. The minimum Gasteiger partial charge on any atom is -0.394 e. The lowest BCUT2D eigenvalue weighted by atomic mass is 9.97. The van der Waals surface area contributed by atoms with E-state index < -0.39 is 86.8 Å². The van der Waals surface area contributed by atoms with Gasteiger partial charge in [-0.25, -0.2) is 0 Å². The van der Waals surface area contributed by atoms with Gasteiger partial charge < -0.3 is 65.1 Å². The van der Waals surface area contributed by atoms with Crippen LogP contribution in [0.25, 0.3) is 0 Å². The molecule has 14 nitrogen and oxygen atoms in total. The van der Waals surface area contributed by atoms with Crippen molar-refractivity contribution in [3.05, 3.63) is 0 Å². The molecule has 0 saturated carbocycles. The first-order valence-electron chi connectivity index (χ1n) is 30.3. The van der Waals surface area contributed by atoms with Crippen LogP contribution < -0.4 is 5.32 Å². The molecule has 12 atom stereocenters. The molecular formula is C58H113NO13. The summed E-state index contributed by atoms with van der Waals surface area (Å²) in [5.41, 5.74) is 0. The molecular weight excluding hydrogens is 919 g/mol. The van der Waals surface area contributed by atoms with Gasteiger partial charge in [0.15, 0.2) is 12.6 Å². The molecule has 12 unspecified atom stereocenters. The predicted molar refractivity (Wildman–Crippen MR) is 286 cm³/mol. The number of carbonyl (C=O) groups is 1. The average molecular weight is 1030 g/mol. The second kappa shape index (κ2) is 45.1. The third kappa shape index (κ3) is 30.7. The molecule has 1 amide bonds. The lowest BCUT2D eigenvalue weighted by Gasteiger charge is -2.46. The minimum atomic E-state index is -1.78. The van der Waals surface area contributed by atoms with Crippen molar-refractivity contribution in [3.8, 4) is 0 Å². The molecule has 0 aromatic heterocycles. The molecule has 2 saturated heterocycles. The van der Waals surface area contributed by atoms with E-state index in [4.69, 9.17) is 18.9 Å². The summed E-state index contributed by atoms with van der Waals surface area (Å²) in [6.07, 6.45) is 32.8. The molecule has 0 spiro atoms. The maximum Gasteiger partial charge on any atom is 0.220 e. The van der Waals surface area contributed by atoms with E-state index in [1.807, 2.05) is 0 Å². The number of aliphatic hydroxyl groups excluding tert-OH is 8. The lowest BCUT2D eigenvalue weighted by molar-refractivity contribution is -0.359. The van der Waals surface area contributed by atoms with E-state index in [0.29, 0.717) is 12.8 Å². The van der Waals surface area contributed by atoms with Crippen LogP contribution in [0.4, 0.5) is 0 Å². The maximum atomic E-state index is 13.2. The zero-order valence-corrected chi connectivity index (χ0v) is 46.0. The first-order chi connectivity index (χ1) is 35.1. The van der Waals surface area contributed by atoms with E-state index in [1.54, 1.807) is 0 Å². The summed E-state index contributed by atoms with van der Waals surface area (Å²) in [7, 11) is 0. The highest BCUT2D eigenvalue weighted by atomic mass is 16.7. The van der Waals surface area contributed by atoms with Crippen LogP contribution >= 0.6 is 0 Å². The molecule has 428 valence electrons. The molecule has 0 radical (unpaired) electrons. The minimum absolute atomic E-state index is 0.202. The molecule has 2 aliphatic rings. The molecule has 9 N–H and O–H groups in total. The van der Waals surface area contributed by atoms with Crippen LogP contribution in [0.5, 0.6) is 0 Å². The summed E-state index contributed by atoms with van der Waals surface area (Å²) in [6.45, 7) is 2.87. The first-order valence-corrected chi connectivity index (χ1v) is 30.3. The number of amides is 1. The fourth-order valence-electron chi connectivity index (χ4n) is 10.4. The third-order valence-corrected chi connectivity index (χ3v) is 15.3. The number of carbonyl (C=O) groups excluding carboxylic acids is 1. The van der Waals surface area contributed by atoms with Crippen molar-refractivity contribution in [1.82, 2.24) is 5.32 Å². The number of aliphatic hydroxyl groups is 8. The van der Waals surface area contributed by atoms with Gasteiger partial charge in [0.25, 0.3) is 0 Å². The van der Waals surface area contributed by atoms with Crippen LogP contribution in [-0.2, 0) is 23.7 Å². The van der Waals surface area contributed by atoms with Crippen molar-refractivity contribution in [1.29, 1.82) is 0 Å². The Kier molecular flexibility index (Phi) is 42.0. The highest BCUT2D eigenvalue weighted by Crippen LogP contribution is 2.30. The monoisotopic (exact) mass is 1030 g/mol. The van der Waals surface area contributed by atoms with Crippen molar-refractivity contribution in [2.45, 2.75) is 344 Å². The highest BCUT2D eigenvalue weighted by molar-refractivity contribution is 5.76. The van der Waals surface area contributed by atoms with Gasteiger partial charge in [-0.15, -0.1) is 0 Å². The van der Waals surface area contributed by atoms with Crippen molar-refractivity contribution in [2.75, 3.05) is 19.8 Å². The Morgan fingerprint density at radius 3 is 1.18 bits per heavy atom. The van der Waals surface area contributed by atoms with Gasteiger partial charge in [0.1, 0.15) is 48.8 Å². The van der Waals surface area contributed by atoms with Crippen LogP contribution in [0.15, 0.2) is 0 Å². The van der Waals surface area contributed by atoms with Crippen LogP contribution in [0.1, 0.15) is 271 Å². The SMILES string of the molecule is CCCCCCCCCCCCCCCCCCCCCCCCCCCCCCC(=O)NC(COC1OC(CO)C(OC2OC(CO)C(O)C(O)C2O)C(O)C1O)C(O)CCCCCCCCCCCC. The lowest BCUT2D eigenvalue weighted by Crippen LogP contribution is -2.65. The molecule has 0 aromatic rings. The second-order valence-corrected chi connectivity index (χ2v) is 21.8. The molecule has 72 heavy (non-hydrogen) atoms.